The minimum atomic E-state index is -0.110. The first-order valence-corrected chi connectivity index (χ1v) is 10.6. The number of halogens is 1. The minimum Gasteiger partial charge on any atom is -0.466 e. The number of unbranched alkanes of at least 4 members (excludes halogenated alkanes) is 2. The molecule has 148 valence electrons. The number of ether oxygens (including phenoxy) is 2. The zero-order chi connectivity index (χ0) is 19.1. The second-order valence-corrected chi connectivity index (χ2v) is 7.67. The summed E-state index contributed by atoms with van der Waals surface area (Å²) in [7, 11) is 0. The number of esters is 1. The molecule has 27 heavy (non-hydrogen) atoms. The average molecular weight is 413 g/mol. The Balaban J connectivity index is 1.54. The molecule has 0 bridgehead atoms. The van der Waals surface area contributed by atoms with Gasteiger partial charge in [0.15, 0.2) is 5.82 Å². The highest BCUT2D eigenvalue weighted by Gasteiger charge is 2.19. The summed E-state index contributed by atoms with van der Waals surface area (Å²) in [6.45, 7) is 6.15. The molecule has 0 saturated carbocycles. The largest absolute Gasteiger partial charge is 0.466 e. The number of rotatable bonds is 9. The van der Waals surface area contributed by atoms with Crippen LogP contribution >= 0.6 is 22.9 Å². The molecule has 3 heterocycles. The Labute approximate surface area is 168 Å². The van der Waals surface area contributed by atoms with Crippen molar-refractivity contribution in [2.45, 2.75) is 32.6 Å². The van der Waals surface area contributed by atoms with Crippen LogP contribution in [0.4, 0.5) is 10.8 Å². The molecule has 0 atom stereocenters. The van der Waals surface area contributed by atoms with Crippen molar-refractivity contribution in [1.29, 1.82) is 0 Å². The molecule has 7 nitrogen and oxygen atoms in total. The smallest absolute Gasteiger partial charge is 0.305 e. The fraction of sp³-hybridized carbons (Fsp3) is 0.611. The van der Waals surface area contributed by atoms with Gasteiger partial charge in [0.25, 0.3) is 0 Å². The van der Waals surface area contributed by atoms with E-state index >= 15 is 0 Å². The third-order valence-electron chi connectivity index (χ3n) is 4.30. The standard InChI is InChI=1S/C18H25ClN4O3S/c1-2-26-15(24)6-4-3-5-7-20-14-12-13-16(27-14)17(22-18(19)21-13)23-8-10-25-11-9-23/h12,20H,2-11H2,1H3. The maximum Gasteiger partial charge on any atom is 0.305 e. The van der Waals surface area contributed by atoms with Gasteiger partial charge in [0.05, 0.1) is 35.0 Å². The van der Waals surface area contributed by atoms with Crippen molar-refractivity contribution in [2.75, 3.05) is 49.7 Å². The second kappa shape index (κ2) is 10.1. The van der Waals surface area contributed by atoms with Crippen molar-refractivity contribution < 1.29 is 14.3 Å². The lowest BCUT2D eigenvalue weighted by atomic mass is 10.2. The third kappa shape index (κ3) is 5.67. The summed E-state index contributed by atoms with van der Waals surface area (Å²) in [5.41, 5.74) is 0.867. The molecule has 1 fully saturated rings. The number of hydrogen-bond acceptors (Lipinski definition) is 8. The van der Waals surface area contributed by atoms with Crippen LogP contribution in [0.25, 0.3) is 10.2 Å². The van der Waals surface area contributed by atoms with Crippen LogP contribution in [0.5, 0.6) is 0 Å². The van der Waals surface area contributed by atoms with Crippen LogP contribution in [0.1, 0.15) is 32.6 Å². The quantitative estimate of drug-likeness (QED) is 0.382. The fourth-order valence-corrected chi connectivity index (χ4v) is 4.19. The van der Waals surface area contributed by atoms with Crippen molar-refractivity contribution in [1.82, 2.24) is 9.97 Å². The Morgan fingerprint density at radius 1 is 1.33 bits per heavy atom. The van der Waals surface area contributed by atoms with E-state index in [9.17, 15) is 4.79 Å². The lowest BCUT2D eigenvalue weighted by Crippen LogP contribution is -2.36. The SMILES string of the molecule is CCOC(=O)CCCCCNc1cc2nc(Cl)nc(N3CCOCC3)c2s1. The van der Waals surface area contributed by atoms with Crippen molar-refractivity contribution in [3.63, 3.8) is 0 Å². The number of fused-ring (bicyclic) bond motifs is 1. The van der Waals surface area contributed by atoms with Gasteiger partial charge in [-0.3, -0.25) is 4.79 Å². The molecule has 9 heteroatoms. The predicted molar refractivity (Wildman–Crippen MR) is 109 cm³/mol. The Hall–Kier alpha value is -1.64. The molecule has 3 rings (SSSR count). The number of carbonyl (C=O) groups is 1. The van der Waals surface area contributed by atoms with E-state index in [2.05, 4.69) is 20.2 Å². The van der Waals surface area contributed by atoms with Crippen LogP contribution < -0.4 is 10.2 Å². The number of carbonyl (C=O) groups excluding carboxylic acids is 1. The van der Waals surface area contributed by atoms with Gasteiger partial charge in [-0.1, -0.05) is 6.42 Å². The van der Waals surface area contributed by atoms with E-state index in [1.807, 2.05) is 13.0 Å². The summed E-state index contributed by atoms with van der Waals surface area (Å²) in [6.07, 6.45) is 3.33. The van der Waals surface area contributed by atoms with Crippen LogP contribution in [0.3, 0.4) is 0 Å². The first-order chi connectivity index (χ1) is 13.2. The number of morpholine rings is 1. The summed E-state index contributed by atoms with van der Waals surface area (Å²) in [5.74, 6) is 0.779. The molecule has 1 aliphatic heterocycles. The van der Waals surface area contributed by atoms with E-state index in [1.54, 1.807) is 11.3 Å². The molecule has 2 aromatic heterocycles. The van der Waals surface area contributed by atoms with Crippen LogP contribution in [0.15, 0.2) is 6.07 Å². The summed E-state index contributed by atoms with van der Waals surface area (Å²) < 4.78 is 11.4. The molecule has 0 unspecified atom stereocenters. The highest BCUT2D eigenvalue weighted by atomic mass is 35.5. The monoisotopic (exact) mass is 412 g/mol. The van der Waals surface area contributed by atoms with E-state index in [-0.39, 0.29) is 11.3 Å². The van der Waals surface area contributed by atoms with Crippen LogP contribution in [-0.2, 0) is 14.3 Å². The van der Waals surface area contributed by atoms with Gasteiger partial charge in [0.2, 0.25) is 5.28 Å². The van der Waals surface area contributed by atoms with Crippen LogP contribution in [-0.4, -0.2) is 55.4 Å². The first kappa shape index (κ1) is 20.1. The molecule has 0 radical (unpaired) electrons. The number of anilines is 2. The van der Waals surface area contributed by atoms with Crippen molar-refractivity contribution >= 4 is 49.9 Å². The van der Waals surface area contributed by atoms with Gasteiger partial charge in [0, 0.05) is 26.1 Å². The fourth-order valence-electron chi connectivity index (χ4n) is 2.98. The molecule has 0 spiro atoms. The van der Waals surface area contributed by atoms with E-state index in [0.29, 0.717) is 26.2 Å². The average Bonchev–Trinajstić information content (AvgIpc) is 3.07. The number of nitrogens with zero attached hydrogens (tertiary/aromatic N) is 3. The molecule has 2 aromatic rings. The summed E-state index contributed by atoms with van der Waals surface area (Å²) >= 11 is 7.78. The predicted octanol–water partition coefficient (Wildman–Crippen LogP) is 3.72. The Bertz CT molecular complexity index is 764. The minimum absolute atomic E-state index is 0.110. The Morgan fingerprint density at radius 2 is 2.15 bits per heavy atom. The van der Waals surface area contributed by atoms with E-state index in [0.717, 1.165) is 59.9 Å². The lowest BCUT2D eigenvalue weighted by molar-refractivity contribution is -0.143. The maximum absolute atomic E-state index is 11.3. The Morgan fingerprint density at radius 3 is 2.93 bits per heavy atom. The topological polar surface area (TPSA) is 76.6 Å². The van der Waals surface area contributed by atoms with Crippen molar-refractivity contribution in [2.24, 2.45) is 0 Å². The summed E-state index contributed by atoms with van der Waals surface area (Å²) in [5, 5.41) is 4.77. The highest BCUT2D eigenvalue weighted by molar-refractivity contribution is 7.23. The highest BCUT2D eigenvalue weighted by Crippen LogP contribution is 2.36. The molecule has 1 saturated heterocycles. The van der Waals surface area contributed by atoms with Crippen molar-refractivity contribution in [3.05, 3.63) is 11.3 Å². The normalized spacial score (nSPS) is 14.5. The number of hydrogen-bond donors (Lipinski definition) is 1. The Kier molecular flexibility index (Phi) is 7.49. The summed E-state index contributed by atoms with van der Waals surface area (Å²) in [6, 6.07) is 2.02. The molecule has 0 aliphatic carbocycles. The van der Waals surface area contributed by atoms with Gasteiger partial charge in [-0.05, 0) is 37.4 Å². The van der Waals surface area contributed by atoms with Crippen LogP contribution in [0.2, 0.25) is 5.28 Å². The molecular weight excluding hydrogens is 388 g/mol. The summed E-state index contributed by atoms with van der Waals surface area (Å²) in [4.78, 5) is 22.3. The van der Waals surface area contributed by atoms with Gasteiger partial charge in [-0.25, -0.2) is 4.98 Å². The molecule has 1 aliphatic rings. The zero-order valence-electron chi connectivity index (χ0n) is 15.5. The number of aromatic nitrogens is 2. The van der Waals surface area contributed by atoms with E-state index in [1.165, 1.54) is 0 Å². The number of thiophene rings is 1. The van der Waals surface area contributed by atoms with Gasteiger partial charge in [0.1, 0.15) is 0 Å². The first-order valence-electron chi connectivity index (χ1n) is 9.36. The molecule has 0 amide bonds. The third-order valence-corrected chi connectivity index (χ3v) is 5.55. The molecule has 0 aromatic carbocycles. The van der Waals surface area contributed by atoms with Crippen LogP contribution in [0, 0.1) is 0 Å². The van der Waals surface area contributed by atoms with Gasteiger partial charge >= 0.3 is 5.97 Å². The van der Waals surface area contributed by atoms with E-state index in [4.69, 9.17) is 21.1 Å². The van der Waals surface area contributed by atoms with E-state index < -0.39 is 0 Å². The number of nitrogens with one attached hydrogen (secondary N) is 1. The second-order valence-electron chi connectivity index (χ2n) is 6.28. The maximum atomic E-state index is 11.3. The van der Waals surface area contributed by atoms with Gasteiger partial charge < -0.3 is 19.7 Å². The molecule has 1 N–H and O–H groups in total. The van der Waals surface area contributed by atoms with Gasteiger partial charge in [-0.15, -0.1) is 11.3 Å². The molecular formula is C18H25ClN4O3S. The van der Waals surface area contributed by atoms with Crippen molar-refractivity contribution in [3.8, 4) is 0 Å². The zero-order valence-corrected chi connectivity index (χ0v) is 17.1. The van der Waals surface area contributed by atoms with Gasteiger partial charge in [-0.2, -0.15) is 4.98 Å². The lowest BCUT2D eigenvalue weighted by Gasteiger charge is -2.28.